The molecule has 0 radical (unpaired) electrons. The Morgan fingerprint density at radius 2 is 0.857 bits per heavy atom. The molecule has 0 bridgehead atoms. The molecule has 2 nitrogen and oxygen atoms in total. The molecule has 2 heterocycles. The van der Waals surface area contributed by atoms with Crippen molar-refractivity contribution in [2.75, 3.05) is 0 Å². The van der Waals surface area contributed by atoms with E-state index in [1.807, 2.05) is 24.5 Å². The second-order valence-electron chi connectivity index (χ2n) is 10.9. The van der Waals surface area contributed by atoms with Gasteiger partial charge in [-0.25, -0.2) is 0 Å². The molecule has 2 aromatic heterocycles. The molecule has 0 spiro atoms. The SMILES string of the molecule is c1ccc(-c2ccc(-c3c4ccccc4c(-c4coc5cc6c(cc45)oc4ccccc46)c4ccccc34)cc2)cc1. The van der Waals surface area contributed by atoms with Crippen molar-refractivity contribution in [3.8, 4) is 33.4 Å². The fraction of sp³-hybridized carbons (Fsp3) is 0. The van der Waals surface area contributed by atoms with Crippen LogP contribution in [-0.2, 0) is 0 Å². The van der Waals surface area contributed by atoms with Crippen LogP contribution in [0.15, 0.2) is 155 Å². The quantitative estimate of drug-likeness (QED) is 0.210. The normalized spacial score (nSPS) is 11.8. The lowest BCUT2D eigenvalue weighted by molar-refractivity contribution is 0.617. The van der Waals surface area contributed by atoms with E-state index < -0.39 is 0 Å². The monoisotopic (exact) mass is 536 g/mol. The van der Waals surface area contributed by atoms with Gasteiger partial charge in [-0.05, 0) is 62.0 Å². The molecule has 7 aromatic carbocycles. The molecule has 0 aliphatic rings. The molecule has 0 saturated heterocycles. The molecule has 0 fully saturated rings. The van der Waals surface area contributed by atoms with E-state index in [9.17, 15) is 0 Å². The fourth-order valence-corrected chi connectivity index (χ4v) is 6.63. The fourth-order valence-electron chi connectivity index (χ4n) is 6.63. The maximum absolute atomic E-state index is 6.27. The number of rotatable bonds is 3. The van der Waals surface area contributed by atoms with Crippen LogP contribution in [0.5, 0.6) is 0 Å². The molecule has 9 aromatic rings. The van der Waals surface area contributed by atoms with Crippen molar-refractivity contribution in [3.05, 3.63) is 146 Å². The lowest BCUT2D eigenvalue weighted by Gasteiger charge is -2.17. The predicted octanol–water partition coefficient (Wildman–Crippen LogP) is 11.6. The standard InChI is InChI=1S/C40H24O2/c1-2-10-25(11-3-1)26-18-20-27(21-19-26)39-29-13-4-6-15-31(29)40(32-16-7-5-14-30(32)39)35-24-41-37-22-33-28-12-8-9-17-36(28)42-38(33)23-34(35)37/h1-24H. The van der Waals surface area contributed by atoms with Gasteiger partial charge >= 0.3 is 0 Å². The van der Waals surface area contributed by atoms with E-state index in [0.717, 1.165) is 38.5 Å². The second-order valence-corrected chi connectivity index (χ2v) is 10.9. The van der Waals surface area contributed by atoms with E-state index in [4.69, 9.17) is 8.83 Å². The zero-order valence-electron chi connectivity index (χ0n) is 22.7. The van der Waals surface area contributed by atoms with E-state index in [1.165, 1.54) is 49.4 Å². The summed E-state index contributed by atoms with van der Waals surface area (Å²) >= 11 is 0. The van der Waals surface area contributed by atoms with Crippen molar-refractivity contribution in [2.45, 2.75) is 0 Å². The van der Waals surface area contributed by atoms with Gasteiger partial charge in [0.05, 0.1) is 6.26 Å². The van der Waals surface area contributed by atoms with Crippen molar-refractivity contribution in [1.29, 1.82) is 0 Å². The Bertz CT molecular complexity index is 2380. The van der Waals surface area contributed by atoms with Crippen LogP contribution in [-0.4, -0.2) is 0 Å². The Hall–Kier alpha value is -5.60. The molecular formula is C40H24O2. The molecule has 9 rings (SSSR count). The van der Waals surface area contributed by atoms with Gasteiger partial charge in [0, 0.05) is 27.3 Å². The number of hydrogen-bond donors (Lipinski definition) is 0. The lowest BCUT2D eigenvalue weighted by atomic mass is 9.85. The summed E-state index contributed by atoms with van der Waals surface area (Å²) < 4.78 is 12.5. The first-order valence-corrected chi connectivity index (χ1v) is 14.3. The van der Waals surface area contributed by atoms with E-state index in [0.29, 0.717) is 0 Å². The molecule has 196 valence electrons. The third kappa shape index (κ3) is 3.39. The number of fused-ring (bicyclic) bond motifs is 6. The molecule has 0 unspecified atom stereocenters. The molecule has 0 aliphatic carbocycles. The zero-order valence-corrected chi connectivity index (χ0v) is 22.7. The van der Waals surface area contributed by atoms with Gasteiger partial charge in [-0.1, -0.05) is 121 Å². The van der Waals surface area contributed by atoms with Gasteiger partial charge in [0.15, 0.2) is 0 Å². The summed E-state index contributed by atoms with van der Waals surface area (Å²) in [5, 5.41) is 8.07. The Balaban J connectivity index is 1.31. The van der Waals surface area contributed by atoms with Gasteiger partial charge in [0.1, 0.15) is 16.7 Å². The summed E-state index contributed by atoms with van der Waals surface area (Å²) in [6, 6.07) is 49.4. The first-order chi connectivity index (χ1) is 20.8. The Labute approximate surface area is 242 Å². The van der Waals surface area contributed by atoms with E-state index in [2.05, 4.69) is 121 Å². The first-order valence-electron chi connectivity index (χ1n) is 14.3. The van der Waals surface area contributed by atoms with Gasteiger partial charge in [0.25, 0.3) is 0 Å². The molecular weight excluding hydrogens is 512 g/mol. The molecule has 0 saturated carbocycles. The van der Waals surface area contributed by atoms with Crippen LogP contribution in [0, 0.1) is 0 Å². The molecule has 0 atom stereocenters. The zero-order chi connectivity index (χ0) is 27.6. The van der Waals surface area contributed by atoms with Crippen molar-refractivity contribution < 1.29 is 8.83 Å². The highest BCUT2D eigenvalue weighted by atomic mass is 16.3. The highest BCUT2D eigenvalue weighted by Gasteiger charge is 2.20. The summed E-state index contributed by atoms with van der Waals surface area (Å²) in [6.45, 7) is 0. The van der Waals surface area contributed by atoms with Crippen LogP contribution in [0.1, 0.15) is 0 Å². The van der Waals surface area contributed by atoms with Crippen LogP contribution in [0.25, 0.3) is 87.8 Å². The van der Waals surface area contributed by atoms with Gasteiger partial charge in [-0.15, -0.1) is 0 Å². The van der Waals surface area contributed by atoms with Gasteiger partial charge in [-0.2, -0.15) is 0 Å². The number of hydrogen-bond acceptors (Lipinski definition) is 2. The summed E-state index contributed by atoms with van der Waals surface area (Å²) in [6.07, 6.45) is 1.91. The third-order valence-corrected chi connectivity index (χ3v) is 8.55. The number of para-hydroxylation sites is 1. The Morgan fingerprint density at radius 3 is 1.55 bits per heavy atom. The van der Waals surface area contributed by atoms with Gasteiger partial charge < -0.3 is 8.83 Å². The number of benzene rings is 7. The van der Waals surface area contributed by atoms with E-state index in [-0.39, 0.29) is 0 Å². The summed E-state index contributed by atoms with van der Waals surface area (Å²) in [4.78, 5) is 0. The Morgan fingerprint density at radius 1 is 0.333 bits per heavy atom. The summed E-state index contributed by atoms with van der Waals surface area (Å²) in [5.74, 6) is 0. The maximum atomic E-state index is 6.27. The van der Waals surface area contributed by atoms with E-state index in [1.54, 1.807) is 0 Å². The highest BCUT2D eigenvalue weighted by molar-refractivity contribution is 6.24. The minimum atomic E-state index is 0.859. The van der Waals surface area contributed by atoms with Crippen molar-refractivity contribution in [3.63, 3.8) is 0 Å². The Kier molecular flexibility index (Phi) is 4.93. The van der Waals surface area contributed by atoms with Crippen LogP contribution >= 0.6 is 0 Å². The minimum absolute atomic E-state index is 0.859. The smallest absolute Gasteiger partial charge is 0.136 e. The van der Waals surface area contributed by atoms with Crippen LogP contribution < -0.4 is 0 Å². The van der Waals surface area contributed by atoms with Crippen molar-refractivity contribution in [2.24, 2.45) is 0 Å². The molecule has 2 heteroatoms. The average Bonchev–Trinajstić information content (AvgIpc) is 3.63. The predicted molar refractivity (Wildman–Crippen MR) is 175 cm³/mol. The lowest BCUT2D eigenvalue weighted by Crippen LogP contribution is -1.90. The average molecular weight is 537 g/mol. The number of furan rings is 2. The van der Waals surface area contributed by atoms with Crippen molar-refractivity contribution in [1.82, 2.24) is 0 Å². The van der Waals surface area contributed by atoms with Crippen LogP contribution in [0.4, 0.5) is 0 Å². The van der Waals surface area contributed by atoms with Crippen LogP contribution in [0.3, 0.4) is 0 Å². The van der Waals surface area contributed by atoms with E-state index >= 15 is 0 Å². The minimum Gasteiger partial charge on any atom is -0.464 e. The van der Waals surface area contributed by atoms with Gasteiger partial charge in [-0.3, -0.25) is 0 Å². The topological polar surface area (TPSA) is 26.3 Å². The highest BCUT2D eigenvalue weighted by Crippen LogP contribution is 2.46. The maximum Gasteiger partial charge on any atom is 0.136 e. The molecule has 42 heavy (non-hydrogen) atoms. The second kappa shape index (κ2) is 8.95. The summed E-state index contributed by atoms with van der Waals surface area (Å²) in [7, 11) is 0. The molecule has 0 amide bonds. The van der Waals surface area contributed by atoms with Gasteiger partial charge in [0.2, 0.25) is 0 Å². The largest absolute Gasteiger partial charge is 0.464 e. The van der Waals surface area contributed by atoms with Crippen LogP contribution in [0.2, 0.25) is 0 Å². The van der Waals surface area contributed by atoms with Crippen molar-refractivity contribution >= 4 is 54.5 Å². The third-order valence-electron chi connectivity index (χ3n) is 8.55. The summed E-state index contributed by atoms with van der Waals surface area (Å²) in [5.41, 5.74) is 9.76. The first kappa shape index (κ1) is 23.1. The molecule has 0 N–H and O–H groups in total. The molecule has 0 aliphatic heterocycles.